The van der Waals surface area contributed by atoms with E-state index in [9.17, 15) is 4.79 Å². The number of piperidine rings is 1. The van der Waals surface area contributed by atoms with Crippen LogP contribution in [0.2, 0.25) is 0 Å². The van der Waals surface area contributed by atoms with E-state index in [1.54, 1.807) is 0 Å². The summed E-state index contributed by atoms with van der Waals surface area (Å²) in [5.74, 6) is 1.44. The van der Waals surface area contributed by atoms with Crippen molar-refractivity contribution < 1.29 is 4.79 Å². The zero-order valence-electron chi connectivity index (χ0n) is 14.5. The lowest BCUT2D eigenvalue weighted by atomic mass is 10.0. The van der Waals surface area contributed by atoms with Gasteiger partial charge in [0, 0.05) is 18.3 Å². The zero-order chi connectivity index (χ0) is 17.1. The maximum Gasteiger partial charge on any atom is 0.233 e. The molecule has 1 aromatic carbocycles. The van der Waals surface area contributed by atoms with Crippen molar-refractivity contribution in [2.75, 3.05) is 12.3 Å². The Hall–Kier alpha value is -1.82. The SMILES string of the molecule is Cc1cccc(-n2c(C)nnc2SCC(=O)N2CCCC[C@H]2C)c1. The molecule has 0 unspecified atom stereocenters. The average molecular weight is 344 g/mol. The van der Waals surface area contributed by atoms with Crippen LogP contribution in [0, 0.1) is 13.8 Å². The van der Waals surface area contributed by atoms with Gasteiger partial charge in [0.2, 0.25) is 5.91 Å². The minimum atomic E-state index is 0.198. The fourth-order valence-electron chi connectivity index (χ4n) is 3.18. The Balaban J connectivity index is 1.73. The highest BCUT2D eigenvalue weighted by Crippen LogP contribution is 2.24. The number of benzene rings is 1. The third-order valence-corrected chi connectivity index (χ3v) is 5.42. The standard InChI is InChI=1S/C18H24N4OS/c1-13-7-6-9-16(11-13)22-15(3)19-20-18(22)24-12-17(23)21-10-5-4-8-14(21)2/h6-7,9,11,14H,4-5,8,10,12H2,1-3H3/t14-/m1/s1. The smallest absolute Gasteiger partial charge is 0.233 e. The lowest BCUT2D eigenvalue weighted by molar-refractivity contribution is -0.131. The van der Waals surface area contributed by atoms with Gasteiger partial charge in [-0.1, -0.05) is 23.9 Å². The van der Waals surface area contributed by atoms with E-state index in [4.69, 9.17) is 0 Å². The highest BCUT2D eigenvalue weighted by atomic mass is 32.2. The van der Waals surface area contributed by atoms with Crippen LogP contribution in [0.3, 0.4) is 0 Å². The van der Waals surface area contributed by atoms with E-state index >= 15 is 0 Å². The second-order valence-electron chi connectivity index (χ2n) is 6.42. The van der Waals surface area contributed by atoms with Gasteiger partial charge in [-0.15, -0.1) is 10.2 Å². The van der Waals surface area contributed by atoms with Gasteiger partial charge in [0.15, 0.2) is 5.16 Å². The molecule has 1 amide bonds. The summed E-state index contributed by atoms with van der Waals surface area (Å²) < 4.78 is 2.02. The van der Waals surface area contributed by atoms with Crippen LogP contribution in [-0.4, -0.2) is 43.9 Å². The third-order valence-electron chi connectivity index (χ3n) is 4.50. The molecular weight excluding hydrogens is 320 g/mol. The fraction of sp³-hybridized carbons (Fsp3) is 0.500. The van der Waals surface area contributed by atoms with Gasteiger partial charge in [-0.25, -0.2) is 0 Å². The Bertz CT molecular complexity index is 728. The molecule has 2 aromatic rings. The van der Waals surface area contributed by atoms with Crippen LogP contribution in [0.5, 0.6) is 0 Å². The van der Waals surface area contributed by atoms with Crippen LogP contribution in [-0.2, 0) is 4.79 Å². The summed E-state index contributed by atoms with van der Waals surface area (Å²) in [5.41, 5.74) is 2.23. The molecule has 0 saturated carbocycles. The first kappa shape index (κ1) is 17.0. The minimum Gasteiger partial charge on any atom is -0.339 e. The van der Waals surface area contributed by atoms with E-state index in [-0.39, 0.29) is 5.91 Å². The molecule has 1 aliphatic rings. The number of nitrogens with zero attached hydrogens (tertiary/aromatic N) is 4. The van der Waals surface area contributed by atoms with Gasteiger partial charge < -0.3 is 4.90 Å². The Morgan fingerprint density at radius 3 is 2.88 bits per heavy atom. The number of likely N-dealkylation sites (tertiary alicyclic amines) is 1. The number of aromatic nitrogens is 3. The summed E-state index contributed by atoms with van der Waals surface area (Å²) in [5, 5.41) is 9.23. The Labute approximate surface area is 147 Å². The fourth-order valence-corrected chi connectivity index (χ4v) is 4.06. The predicted octanol–water partition coefficient (Wildman–Crippen LogP) is 3.38. The summed E-state index contributed by atoms with van der Waals surface area (Å²) >= 11 is 1.47. The molecule has 0 spiro atoms. The van der Waals surface area contributed by atoms with Crippen LogP contribution in [0.15, 0.2) is 29.4 Å². The first-order valence-corrected chi connectivity index (χ1v) is 9.46. The summed E-state index contributed by atoms with van der Waals surface area (Å²) in [7, 11) is 0. The molecule has 1 atom stereocenters. The van der Waals surface area contributed by atoms with Crippen LogP contribution < -0.4 is 0 Å². The quantitative estimate of drug-likeness (QED) is 0.798. The van der Waals surface area contributed by atoms with Crippen molar-refractivity contribution in [3.05, 3.63) is 35.7 Å². The van der Waals surface area contributed by atoms with Gasteiger partial charge in [-0.3, -0.25) is 9.36 Å². The van der Waals surface area contributed by atoms with E-state index in [1.165, 1.54) is 23.7 Å². The maximum absolute atomic E-state index is 12.5. The molecule has 1 aliphatic heterocycles. The van der Waals surface area contributed by atoms with Gasteiger partial charge >= 0.3 is 0 Å². The van der Waals surface area contributed by atoms with Crippen LogP contribution in [0.25, 0.3) is 5.69 Å². The molecule has 1 aromatic heterocycles. The summed E-state index contributed by atoms with van der Waals surface area (Å²) in [6.07, 6.45) is 3.44. The van der Waals surface area contributed by atoms with Crippen LogP contribution >= 0.6 is 11.8 Å². The second kappa shape index (κ2) is 7.38. The van der Waals surface area contributed by atoms with Crippen molar-refractivity contribution in [3.63, 3.8) is 0 Å². The Kier molecular flexibility index (Phi) is 5.23. The lowest BCUT2D eigenvalue weighted by Crippen LogP contribution is -2.42. The van der Waals surface area contributed by atoms with Gasteiger partial charge in [0.1, 0.15) is 5.82 Å². The van der Waals surface area contributed by atoms with E-state index in [0.717, 1.165) is 36.1 Å². The van der Waals surface area contributed by atoms with Crippen LogP contribution in [0.4, 0.5) is 0 Å². The maximum atomic E-state index is 12.5. The highest BCUT2D eigenvalue weighted by Gasteiger charge is 2.24. The molecule has 128 valence electrons. The first-order chi connectivity index (χ1) is 11.6. The monoisotopic (exact) mass is 344 g/mol. The van der Waals surface area contributed by atoms with E-state index < -0.39 is 0 Å². The number of hydrogen-bond acceptors (Lipinski definition) is 4. The van der Waals surface area contributed by atoms with E-state index in [1.807, 2.05) is 28.5 Å². The number of carbonyl (C=O) groups is 1. The molecule has 5 nitrogen and oxygen atoms in total. The molecule has 1 saturated heterocycles. The van der Waals surface area contributed by atoms with Crippen molar-refractivity contribution in [3.8, 4) is 5.69 Å². The predicted molar refractivity (Wildman–Crippen MR) is 96.6 cm³/mol. The van der Waals surface area contributed by atoms with Crippen molar-refractivity contribution in [2.24, 2.45) is 0 Å². The third kappa shape index (κ3) is 3.64. The lowest BCUT2D eigenvalue weighted by Gasteiger charge is -2.33. The second-order valence-corrected chi connectivity index (χ2v) is 7.37. The minimum absolute atomic E-state index is 0.198. The van der Waals surface area contributed by atoms with E-state index in [0.29, 0.717) is 11.8 Å². The van der Waals surface area contributed by atoms with Crippen molar-refractivity contribution in [1.29, 1.82) is 0 Å². The number of carbonyl (C=O) groups excluding carboxylic acids is 1. The Morgan fingerprint density at radius 1 is 1.29 bits per heavy atom. The van der Waals surface area contributed by atoms with Gasteiger partial charge in [0.25, 0.3) is 0 Å². The molecule has 0 radical (unpaired) electrons. The summed E-state index contributed by atoms with van der Waals surface area (Å²) in [6.45, 7) is 7.02. The molecule has 0 bridgehead atoms. The molecule has 0 aliphatic carbocycles. The molecule has 24 heavy (non-hydrogen) atoms. The number of rotatable bonds is 4. The number of hydrogen-bond donors (Lipinski definition) is 0. The normalized spacial score (nSPS) is 18.0. The number of aryl methyl sites for hydroxylation is 2. The highest BCUT2D eigenvalue weighted by molar-refractivity contribution is 7.99. The summed E-state index contributed by atoms with van der Waals surface area (Å²) in [4.78, 5) is 14.5. The zero-order valence-corrected chi connectivity index (χ0v) is 15.3. The average Bonchev–Trinajstić information content (AvgIpc) is 2.94. The topological polar surface area (TPSA) is 51.0 Å². The molecule has 6 heteroatoms. The molecule has 1 fully saturated rings. The summed E-state index contributed by atoms with van der Waals surface area (Å²) in [6, 6.07) is 8.59. The van der Waals surface area contributed by atoms with Crippen molar-refractivity contribution in [1.82, 2.24) is 19.7 Å². The molecular formula is C18H24N4OS. The largest absolute Gasteiger partial charge is 0.339 e. The Morgan fingerprint density at radius 2 is 2.12 bits per heavy atom. The van der Waals surface area contributed by atoms with Crippen LogP contribution in [0.1, 0.15) is 37.6 Å². The number of thioether (sulfide) groups is 1. The van der Waals surface area contributed by atoms with Gasteiger partial charge in [-0.2, -0.15) is 0 Å². The van der Waals surface area contributed by atoms with Crippen molar-refractivity contribution in [2.45, 2.75) is 51.2 Å². The number of amides is 1. The van der Waals surface area contributed by atoms with Gasteiger partial charge in [-0.05, 0) is 57.7 Å². The van der Waals surface area contributed by atoms with E-state index in [2.05, 4.69) is 36.2 Å². The molecule has 0 N–H and O–H groups in total. The molecule has 2 heterocycles. The first-order valence-electron chi connectivity index (χ1n) is 8.47. The van der Waals surface area contributed by atoms with Gasteiger partial charge in [0.05, 0.1) is 5.75 Å². The van der Waals surface area contributed by atoms with Crippen molar-refractivity contribution >= 4 is 17.7 Å². The molecule has 3 rings (SSSR count).